The lowest BCUT2D eigenvalue weighted by Crippen LogP contribution is -2.28. The van der Waals surface area contributed by atoms with Gasteiger partial charge in [0.15, 0.2) is 0 Å². The van der Waals surface area contributed by atoms with E-state index in [1.807, 2.05) is 0 Å². The van der Waals surface area contributed by atoms with Crippen molar-refractivity contribution in [2.24, 2.45) is 5.92 Å². The molecule has 22 heavy (non-hydrogen) atoms. The number of hydrogen-bond acceptors (Lipinski definition) is 3. The fourth-order valence-electron chi connectivity index (χ4n) is 2.38. The van der Waals surface area contributed by atoms with Gasteiger partial charge in [0, 0.05) is 25.7 Å². The summed E-state index contributed by atoms with van der Waals surface area (Å²) in [5.41, 5.74) is 0.272. The van der Waals surface area contributed by atoms with Gasteiger partial charge in [0.25, 0.3) is 0 Å². The summed E-state index contributed by atoms with van der Waals surface area (Å²) >= 11 is 0. The van der Waals surface area contributed by atoms with E-state index in [-0.39, 0.29) is 24.2 Å². The van der Waals surface area contributed by atoms with Crippen molar-refractivity contribution < 1.29 is 19.5 Å². The van der Waals surface area contributed by atoms with Gasteiger partial charge in [-0.2, -0.15) is 0 Å². The molecule has 1 unspecified atom stereocenters. The van der Waals surface area contributed by atoms with Crippen LogP contribution in [0.25, 0.3) is 0 Å². The summed E-state index contributed by atoms with van der Waals surface area (Å²) < 4.78 is 0. The lowest BCUT2D eigenvalue weighted by Gasteiger charge is -2.20. The second-order valence-electron chi connectivity index (χ2n) is 6.17. The minimum Gasteiger partial charge on any atom is -0.481 e. The Hall–Kier alpha value is -2.37. The van der Waals surface area contributed by atoms with Crippen molar-refractivity contribution in [3.8, 4) is 0 Å². The van der Waals surface area contributed by atoms with Crippen LogP contribution in [0.3, 0.4) is 0 Å². The van der Waals surface area contributed by atoms with E-state index in [2.05, 4.69) is 5.32 Å². The van der Waals surface area contributed by atoms with Crippen molar-refractivity contribution in [1.29, 1.82) is 0 Å². The number of benzene rings is 1. The Labute approximate surface area is 129 Å². The van der Waals surface area contributed by atoms with E-state index in [9.17, 15) is 19.5 Å². The van der Waals surface area contributed by atoms with Gasteiger partial charge in [-0.05, 0) is 31.5 Å². The molecule has 118 valence electrons. The van der Waals surface area contributed by atoms with Crippen LogP contribution < -0.4 is 5.32 Å². The van der Waals surface area contributed by atoms with E-state index in [4.69, 9.17) is 0 Å². The number of anilines is 1. The summed E-state index contributed by atoms with van der Waals surface area (Å²) in [7, 11) is 1.68. The molecule has 1 aromatic rings. The second kappa shape index (κ2) is 5.79. The predicted octanol–water partition coefficient (Wildman–Crippen LogP) is 1.47. The van der Waals surface area contributed by atoms with E-state index < -0.39 is 11.4 Å². The summed E-state index contributed by atoms with van der Waals surface area (Å²) in [5, 5.41) is 12.0. The highest BCUT2D eigenvalue weighted by molar-refractivity contribution is 5.97. The average Bonchev–Trinajstić information content (AvgIpc) is 2.79. The first kappa shape index (κ1) is 16.0. The van der Waals surface area contributed by atoms with Gasteiger partial charge in [-0.3, -0.25) is 14.4 Å². The first-order valence-corrected chi connectivity index (χ1v) is 7.10. The zero-order chi connectivity index (χ0) is 16.5. The van der Waals surface area contributed by atoms with Crippen molar-refractivity contribution in [2.45, 2.75) is 25.7 Å². The Morgan fingerprint density at radius 3 is 2.32 bits per heavy atom. The van der Waals surface area contributed by atoms with Crippen molar-refractivity contribution >= 4 is 23.5 Å². The Morgan fingerprint density at radius 2 is 1.86 bits per heavy atom. The molecular weight excluding hydrogens is 284 g/mol. The highest BCUT2D eigenvalue weighted by atomic mass is 16.4. The minimum atomic E-state index is -0.983. The number of carbonyl (C=O) groups is 3. The molecule has 1 aliphatic rings. The molecule has 0 bridgehead atoms. The maximum Gasteiger partial charge on any atom is 0.313 e. The van der Waals surface area contributed by atoms with E-state index in [0.29, 0.717) is 17.8 Å². The van der Waals surface area contributed by atoms with Gasteiger partial charge < -0.3 is 15.3 Å². The van der Waals surface area contributed by atoms with Crippen LogP contribution in [0, 0.1) is 5.92 Å². The Morgan fingerprint density at radius 1 is 1.27 bits per heavy atom. The monoisotopic (exact) mass is 304 g/mol. The number of aliphatic carboxylic acids is 1. The molecule has 0 saturated carbocycles. The van der Waals surface area contributed by atoms with Crippen LogP contribution in [0.15, 0.2) is 24.3 Å². The van der Waals surface area contributed by atoms with Gasteiger partial charge in [-0.25, -0.2) is 0 Å². The van der Waals surface area contributed by atoms with E-state index >= 15 is 0 Å². The first-order valence-electron chi connectivity index (χ1n) is 7.10. The molecule has 2 rings (SSSR count). The number of carbonyl (C=O) groups excluding carboxylic acids is 2. The quantitative estimate of drug-likeness (QED) is 0.882. The van der Waals surface area contributed by atoms with Gasteiger partial charge in [0.2, 0.25) is 11.8 Å². The summed E-state index contributed by atoms with van der Waals surface area (Å²) in [6, 6.07) is 6.74. The molecule has 1 aromatic carbocycles. The van der Waals surface area contributed by atoms with Gasteiger partial charge >= 0.3 is 5.97 Å². The lowest BCUT2D eigenvalue weighted by atomic mass is 9.85. The van der Waals surface area contributed by atoms with Crippen molar-refractivity contribution in [3.05, 3.63) is 29.8 Å². The zero-order valence-corrected chi connectivity index (χ0v) is 12.9. The van der Waals surface area contributed by atoms with Crippen LogP contribution in [-0.2, 0) is 19.8 Å². The molecule has 2 amide bonds. The van der Waals surface area contributed by atoms with Crippen molar-refractivity contribution in [3.63, 3.8) is 0 Å². The Kier molecular flexibility index (Phi) is 4.21. The minimum absolute atomic E-state index is 0.0290. The topological polar surface area (TPSA) is 86.7 Å². The highest BCUT2D eigenvalue weighted by Gasteiger charge is 2.32. The number of nitrogens with one attached hydrogen (secondary N) is 1. The summed E-state index contributed by atoms with van der Waals surface area (Å²) in [5.74, 6) is -1.47. The number of likely N-dealkylation sites (tertiary alicyclic amines) is 1. The molecule has 1 fully saturated rings. The smallest absolute Gasteiger partial charge is 0.313 e. The largest absolute Gasteiger partial charge is 0.481 e. The molecule has 1 atom stereocenters. The van der Waals surface area contributed by atoms with Crippen molar-refractivity contribution in [2.75, 3.05) is 18.9 Å². The number of nitrogens with zero attached hydrogens (tertiary/aromatic N) is 1. The highest BCUT2D eigenvalue weighted by Crippen LogP contribution is 2.25. The Bertz CT molecular complexity index is 607. The maximum absolute atomic E-state index is 12.1. The fraction of sp³-hybridized carbons (Fsp3) is 0.438. The summed E-state index contributed by atoms with van der Waals surface area (Å²) in [6.45, 7) is 3.68. The molecule has 1 heterocycles. The third-order valence-electron chi connectivity index (χ3n) is 4.12. The van der Waals surface area contributed by atoms with Gasteiger partial charge in [-0.15, -0.1) is 0 Å². The van der Waals surface area contributed by atoms with Crippen LogP contribution in [0.5, 0.6) is 0 Å². The van der Waals surface area contributed by atoms with Crippen molar-refractivity contribution in [1.82, 2.24) is 4.90 Å². The van der Waals surface area contributed by atoms with E-state index in [0.717, 1.165) is 0 Å². The van der Waals surface area contributed by atoms with E-state index in [1.165, 1.54) is 0 Å². The molecule has 6 heteroatoms. The van der Waals surface area contributed by atoms with E-state index in [1.54, 1.807) is 50.1 Å². The second-order valence-corrected chi connectivity index (χ2v) is 6.17. The van der Waals surface area contributed by atoms with Gasteiger partial charge in [0.05, 0.1) is 11.3 Å². The number of hydrogen-bond donors (Lipinski definition) is 2. The van der Waals surface area contributed by atoms with Crippen LogP contribution in [0.4, 0.5) is 5.69 Å². The summed E-state index contributed by atoms with van der Waals surface area (Å²) in [4.78, 5) is 36.3. The maximum atomic E-state index is 12.1. The fourth-order valence-corrected chi connectivity index (χ4v) is 2.38. The molecule has 6 nitrogen and oxygen atoms in total. The molecular formula is C16H20N2O4. The lowest BCUT2D eigenvalue weighted by molar-refractivity contribution is -0.142. The van der Waals surface area contributed by atoms with Crippen LogP contribution >= 0.6 is 0 Å². The zero-order valence-electron chi connectivity index (χ0n) is 12.9. The molecule has 0 spiro atoms. The van der Waals surface area contributed by atoms with Gasteiger partial charge in [0.1, 0.15) is 0 Å². The molecule has 1 saturated heterocycles. The SMILES string of the molecule is CN1CC(C(=O)Nc2ccc(C(C)(C)C(=O)O)cc2)CC1=O. The van der Waals surface area contributed by atoms with Crippen LogP contribution in [-0.4, -0.2) is 41.4 Å². The third-order valence-corrected chi connectivity index (χ3v) is 4.12. The number of carboxylic acid groups (broad SMARTS) is 1. The predicted molar refractivity (Wildman–Crippen MR) is 81.5 cm³/mol. The first-order chi connectivity index (χ1) is 10.2. The molecule has 0 aromatic heterocycles. The number of amides is 2. The summed E-state index contributed by atoms with van der Waals surface area (Å²) in [6.07, 6.45) is 0.229. The van der Waals surface area contributed by atoms with Crippen LogP contribution in [0.1, 0.15) is 25.8 Å². The third kappa shape index (κ3) is 3.10. The molecule has 2 N–H and O–H groups in total. The molecule has 1 aliphatic heterocycles. The standard InChI is InChI=1S/C16H20N2O4/c1-16(2,15(21)22)11-4-6-12(7-5-11)17-14(20)10-8-13(19)18(3)9-10/h4-7,10H,8-9H2,1-3H3,(H,17,20)(H,21,22). The number of carboxylic acids is 1. The molecule has 0 radical (unpaired) electrons. The number of rotatable bonds is 4. The Balaban J connectivity index is 2.04. The normalized spacial score (nSPS) is 18.4. The average molecular weight is 304 g/mol. The molecule has 0 aliphatic carbocycles. The van der Waals surface area contributed by atoms with Gasteiger partial charge in [-0.1, -0.05) is 12.1 Å². The van der Waals surface area contributed by atoms with Crippen LogP contribution in [0.2, 0.25) is 0 Å².